The minimum atomic E-state index is -0.765. The van der Waals surface area contributed by atoms with E-state index < -0.39 is 5.97 Å². The van der Waals surface area contributed by atoms with Crippen molar-refractivity contribution in [3.63, 3.8) is 0 Å². The van der Waals surface area contributed by atoms with Gasteiger partial charge in [-0.05, 0) is 25.0 Å². The van der Waals surface area contributed by atoms with Crippen molar-refractivity contribution in [2.75, 3.05) is 7.11 Å². The molecule has 0 aliphatic heterocycles. The summed E-state index contributed by atoms with van der Waals surface area (Å²) in [6, 6.07) is 5.52. The Hall–Kier alpha value is -2.11. The zero-order valence-corrected chi connectivity index (χ0v) is 10.2. The van der Waals surface area contributed by atoms with Crippen molar-refractivity contribution in [3.05, 3.63) is 18.2 Å². The number of carboxylic acids is 1. The minimum absolute atomic E-state index is 0.189. The molecule has 0 aliphatic rings. The fourth-order valence-electron chi connectivity index (χ4n) is 1.70. The van der Waals surface area contributed by atoms with Gasteiger partial charge in [-0.25, -0.2) is 0 Å². The van der Waals surface area contributed by atoms with E-state index in [0.717, 1.165) is 23.2 Å². The first-order valence-corrected chi connectivity index (χ1v) is 5.80. The van der Waals surface area contributed by atoms with Gasteiger partial charge in [-0.1, -0.05) is 0 Å². The summed E-state index contributed by atoms with van der Waals surface area (Å²) >= 11 is 0. The van der Waals surface area contributed by atoms with Gasteiger partial charge in [-0.2, -0.15) is 15.0 Å². The molecule has 0 spiro atoms. The molecule has 2 rings (SSSR count). The maximum absolute atomic E-state index is 10.4. The van der Waals surface area contributed by atoms with Crippen molar-refractivity contribution in [3.8, 4) is 5.75 Å². The molecular weight excluding hydrogens is 234 g/mol. The number of unbranched alkanes of at least 4 members (excludes halogenated alkanes) is 1. The molecule has 0 unspecified atom stereocenters. The van der Waals surface area contributed by atoms with Crippen LogP contribution in [0.1, 0.15) is 19.3 Å². The Bertz CT molecular complexity index is 550. The van der Waals surface area contributed by atoms with Gasteiger partial charge in [0, 0.05) is 12.5 Å². The van der Waals surface area contributed by atoms with Crippen LogP contribution in [0.15, 0.2) is 18.2 Å². The van der Waals surface area contributed by atoms with Gasteiger partial charge in [0.1, 0.15) is 16.8 Å². The van der Waals surface area contributed by atoms with Crippen LogP contribution in [0.25, 0.3) is 11.0 Å². The highest BCUT2D eigenvalue weighted by Crippen LogP contribution is 2.17. The third-order valence-electron chi connectivity index (χ3n) is 2.63. The van der Waals surface area contributed by atoms with Gasteiger partial charge in [0.2, 0.25) is 0 Å². The van der Waals surface area contributed by atoms with Gasteiger partial charge in [-0.3, -0.25) is 4.79 Å². The summed E-state index contributed by atoms with van der Waals surface area (Å²) in [6.07, 6.45) is 1.58. The van der Waals surface area contributed by atoms with E-state index in [0.29, 0.717) is 13.0 Å². The molecule has 1 N–H and O–H groups in total. The molecule has 0 radical (unpaired) electrons. The number of nitrogens with zero attached hydrogens (tertiary/aromatic N) is 3. The summed E-state index contributed by atoms with van der Waals surface area (Å²) < 4.78 is 5.11. The highest BCUT2D eigenvalue weighted by Gasteiger charge is 2.04. The smallest absolute Gasteiger partial charge is 0.303 e. The van der Waals surface area contributed by atoms with E-state index in [4.69, 9.17) is 9.84 Å². The molecule has 0 aliphatic carbocycles. The highest BCUT2D eigenvalue weighted by atomic mass is 16.5. The SMILES string of the molecule is COc1ccc2nn(CCCCC(=O)O)nc2c1. The second-order valence-electron chi connectivity index (χ2n) is 4.00. The van der Waals surface area contributed by atoms with Crippen LogP contribution in [0.2, 0.25) is 0 Å². The molecule has 1 heterocycles. The van der Waals surface area contributed by atoms with Crippen LogP contribution in [-0.4, -0.2) is 33.2 Å². The molecule has 6 heteroatoms. The lowest BCUT2D eigenvalue weighted by atomic mass is 10.2. The van der Waals surface area contributed by atoms with Crippen molar-refractivity contribution < 1.29 is 14.6 Å². The molecule has 0 saturated heterocycles. The molecule has 2 aromatic rings. The predicted molar refractivity (Wildman–Crippen MR) is 65.6 cm³/mol. The van der Waals surface area contributed by atoms with E-state index >= 15 is 0 Å². The zero-order valence-electron chi connectivity index (χ0n) is 10.2. The number of fused-ring (bicyclic) bond motifs is 1. The van der Waals surface area contributed by atoms with Gasteiger partial charge in [0.25, 0.3) is 0 Å². The molecular formula is C12H15N3O3. The van der Waals surface area contributed by atoms with Crippen LogP contribution in [0.4, 0.5) is 0 Å². The maximum atomic E-state index is 10.4. The Morgan fingerprint density at radius 2 is 2.11 bits per heavy atom. The molecule has 0 atom stereocenters. The number of hydrogen-bond acceptors (Lipinski definition) is 4. The number of ether oxygens (including phenoxy) is 1. The van der Waals surface area contributed by atoms with Crippen LogP contribution in [-0.2, 0) is 11.3 Å². The third kappa shape index (κ3) is 2.97. The van der Waals surface area contributed by atoms with E-state index in [1.807, 2.05) is 18.2 Å². The summed E-state index contributed by atoms with van der Waals surface area (Å²) in [6.45, 7) is 0.629. The molecule has 0 bridgehead atoms. The monoisotopic (exact) mass is 249 g/mol. The number of hydrogen-bond donors (Lipinski definition) is 1. The quantitative estimate of drug-likeness (QED) is 0.788. The Morgan fingerprint density at radius 3 is 2.83 bits per heavy atom. The van der Waals surface area contributed by atoms with E-state index in [1.54, 1.807) is 11.9 Å². The molecule has 6 nitrogen and oxygen atoms in total. The normalized spacial score (nSPS) is 10.7. The fraction of sp³-hybridized carbons (Fsp3) is 0.417. The molecule has 1 aromatic heterocycles. The number of aryl methyl sites for hydroxylation is 1. The van der Waals surface area contributed by atoms with Crippen molar-refractivity contribution in [1.29, 1.82) is 0 Å². The van der Waals surface area contributed by atoms with Crippen molar-refractivity contribution in [2.45, 2.75) is 25.8 Å². The van der Waals surface area contributed by atoms with E-state index in [2.05, 4.69) is 10.2 Å². The Labute approximate surface area is 104 Å². The average molecular weight is 249 g/mol. The molecule has 0 amide bonds. The number of aliphatic carboxylic acids is 1. The van der Waals surface area contributed by atoms with Crippen LogP contribution in [0.3, 0.4) is 0 Å². The lowest BCUT2D eigenvalue weighted by Gasteiger charge is -1.97. The lowest BCUT2D eigenvalue weighted by molar-refractivity contribution is -0.137. The van der Waals surface area contributed by atoms with Crippen molar-refractivity contribution in [1.82, 2.24) is 15.0 Å². The van der Waals surface area contributed by atoms with Crippen molar-refractivity contribution in [2.24, 2.45) is 0 Å². The molecule has 1 aromatic carbocycles. The Kier molecular flexibility index (Phi) is 3.76. The third-order valence-corrected chi connectivity index (χ3v) is 2.63. The molecule has 96 valence electrons. The lowest BCUT2D eigenvalue weighted by Crippen LogP contribution is -2.03. The first-order chi connectivity index (χ1) is 8.69. The average Bonchev–Trinajstić information content (AvgIpc) is 2.75. The number of methoxy groups -OCH3 is 1. The second kappa shape index (κ2) is 5.48. The van der Waals surface area contributed by atoms with Gasteiger partial charge < -0.3 is 9.84 Å². The highest BCUT2D eigenvalue weighted by molar-refractivity contribution is 5.75. The molecule has 18 heavy (non-hydrogen) atoms. The van der Waals surface area contributed by atoms with E-state index in [-0.39, 0.29) is 6.42 Å². The Balaban J connectivity index is 1.99. The predicted octanol–water partition coefficient (Wildman–Crippen LogP) is 1.69. The Morgan fingerprint density at radius 1 is 1.33 bits per heavy atom. The largest absolute Gasteiger partial charge is 0.497 e. The van der Waals surface area contributed by atoms with Crippen LogP contribution < -0.4 is 4.74 Å². The van der Waals surface area contributed by atoms with Gasteiger partial charge >= 0.3 is 5.97 Å². The topological polar surface area (TPSA) is 77.2 Å². The summed E-state index contributed by atoms with van der Waals surface area (Å²) in [5, 5.41) is 17.2. The fourth-order valence-corrected chi connectivity index (χ4v) is 1.70. The van der Waals surface area contributed by atoms with Gasteiger partial charge in [0.05, 0.1) is 13.7 Å². The zero-order chi connectivity index (χ0) is 13.0. The number of rotatable bonds is 6. The summed E-state index contributed by atoms with van der Waals surface area (Å²) in [4.78, 5) is 12.0. The molecule has 0 fully saturated rings. The number of carboxylic acid groups (broad SMARTS) is 1. The number of aromatic nitrogens is 3. The van der Waals surface area contributed by atoms with E-state index in [9.17, 15) is 4.79 Å². The number of benzene rings is 1. The van der Waals surface area contributed by atoms with Crippen LogP contribution >= 0.6 is 0 Å². The first kappa shape index (κ1) is 12.3. The van der Waals surface area contributed by atoms with Gasteiger partial charge in [-0.15, -0.1) is 0 Å². The number of carbonyl (C=O) groups is 1. The van der Waals surface area contributed by atoms with E-state index in [1.165, 1.54) is 0 Å². The van der Waals surface area contributed by atoms with Gasteiger partial charge in [0.15, 0.2) is 0 Å². The van der Waals surface area contributed by atoms with Crippen molar-refractivity contribution >= 4 is 17.0 Å². The standard InChI is InChI=1S/C12H15N3O3/c1-18-9-5-6-10-11(8-9)14-15(13-10)7-3-2-4-12(16)17/h5-6,8H,2-4,7H2,1H3,(H,16,17). The summed E-state index contributed by atoms with van der Waals surface area (Å²) in [5.74, 6) is -0.0150. The minimum Gasteiger partial charge on any atom is -0.497 e. The first-order valence-electron chi connectivity index (χ1n) is 5.80. The van der Waals surface area contributed by atoms with Crippen LogP contribution in [0.5, 0.6) is 5.75 Å². The second-order valence-corrected chi connectivity index (χ2v) is 4.00. The molecule has 0 saturated carbocycles. The summed E-state index contributed by atoms with van der Waals surface area (Å²) in [7, 11) is 1.61. The van der Waals surface area contributed by atoms with Crippen LogP contribution in [0, 0.1) is 0 Å². The summed E-state index contributed by atoms with van der Waals surface area (Å²) in [5.41, 5.74) is 1.60. The maximum Gasteiger partial charge on any atom is 0.303 e.